The molecular formula is C28H35N3O5. The molecule has 0 saturated heterocycles. The Morgan fingerprint density at radius 2 is 1.78 bits per heavy atom. The van der Waals surface area contributed by atoms with E-state index in [1.54, 1.807) is 21.9 Å². The Morgan fingerprint density at radius 1 is 1.00 bits per heavy atom. The number of hydrogen-bond acceptors (Lipinski definition) is 5. The highest BCUT2D eigenvalue weighted by atomic mass is 16.5. The normalized spacial score (nSPS) is 16.1. The fourth-order valence-corrected chi connectivity index (χ4v) is 4.98. The largest absolute Gasteiger partial charge is 0.493 e. The fraction of sp³-hybridized carbons (Fsp3) is 0.464. The van der Waals surface area contributed by atoms with Crippen molar-refractivity contribution in [3.63, 3.8) is 0 Å². The minimum absolute atomic E-state index is 0.0705. The molecule has 2 aliphatic heterocycles. The van der Waals surface area contributed by atoms with Crippen LogP contribution in [0.5, 0.6) is 11.5 Å². The van der Waals surface area contributed by atoms with Crippen molar-refractivity contribution in [2.24, 2.45) is 5.92 Å². The third-order valence-electron chi connectivity index (χ3n) is 6.83. The number of anilines is 1. The predicted octanol–water partition coefficient (Wildman–Crippen LogP) is 4.54. The van der Waals surface area contributed by atoms with Crippen LogP contribution in [0, 0.1) is 5.92 Å². The molecule has 4 rings (SSSR count). The van der Waals surface area contributed by atoms with Crippen LogP contribution in [0.15, 0.2) is 36.4 Å². The van der Waals surface area contributed by atoms with Crippen molar-refractivity contribution < 1.29 is 23.9 Å². The van der Waals surface area contributed by atoms with Crippen LogP contribution in [0.25, 0.3) is 0 Å². The second-order valence-corrected chi connectivity index (χ2v) is 9.67. The molecule has 1 N–H and O–H groups in total. The van der Waals surface area contributed by atoms with Gasteiger partial charge in [-0.25, -0.2) is 0 Å². The van der Waals surface area contributed by atoms with Gasteiger partial charge in [0.05, 0.1) is 31.0 Å². The number of para-hydroxylation sites is 1. The first kappa shape index (κ1) is 25.5. The minimum atomic E-state index is -0.547. The van der Waals surface area contributed by atoms with Gasteiger partial charge in [0.15, 0.2) is 11.5 Å². The quantitative estimate of drug-likeness (QED) is 0.464. The lowest BCUT2D eigenvalue weighted by Gasteiger charge is -2.41. The van der Waals surface area contributed by atoms with Crippen LogP contribution in [0.1, 0.15) is 78.4 Å². The summed E-state index contributed by atoms with van der Waals surface area (Å²) < 4.78 is 11.0. The minimum Gasteiger partial charge on any atom is -0.493 e. The summed E-state index contributed by atoms with van der Waals surface area (Å²) in [4.78, 5) is 42.8. The third-order valence-corrected chi connectivity index (χ3v) is 6.83. The molecule has 2 aromatic carbocycles. The number of nitrogens with one attached hydrogen (secondary N) is 1. The maximum Gasteiger partial charge on any atom is 0.264 e. The third kappa shape index (κ3) is 4.76. The van der Waals surface area contributed by atoms with Crippen molar-refractivity contribution in [2.75, 3.05) is 32.2 Å². The molecule has 0 saturated carbocycles. The van der Waals surface area contributed by atoms with Crippen molar-refractivity contribution in [1.82, 2.24) is 10.2 Å². The zero-order chi connectivity index (χ0) is 25.8. The summed E-state index contributed by atoms with van der Waals surface area (Å²) in [6.45, 7) is 5.45. The average Bonchev–Trinajstić information content (AvgIpc) is 3.17. The average molecular weight is 494 g/mol. The Balaban J connectivity index is 1.51. The second kappa shape index (κ2) is 11.0. The van der Waals surface area contributed by atoms with Gasteiger partial charge in [0.1, 0.15) is 6.17 Å². The SMILES string of the molecule is COc1ccc2c(c1OC)C(=O)N1c3ccccc3C(=O)N(CCCCCC(=O)NCCC(C)C)[C@H]21. The van der Waals surface area contributed by atoms with Gasteiger partial charge < -0.3 is 19.7 Å². The van der Waals surface area contributed by atoms with E-state index in [9.17, 15) is 14.4 Å². The van der Waals surface area contributed by atoms with E-state index in [4.69, 9.17) is 9.47 Å². The Hall–Kier alpha value is -3.55. The van der Waals surface area contributed by atoms with Gasteiger partial charge in [0, 0.05) is 25.1 Å². The number of rotatable bonds is 11. The second-order valence-electron chi connectivity index (χ2n) is 9.67. The summed E-state index contributed by atoms with van der Waals surface area (Å²) in [5, 5.41) is 2.97. The van der Waals surface area contributed by atoms with E-state index >= 15 is 0 Å². The molecule has 192 valence electrons. The number of unbranched alkanes of at least 4 members (excludes halogenated alkanes) is 2. The number of carbonyl (C=O) groups excluding carboxylic acids is 3. The van der Waals surface area contributed by atoms with Crippen LogP contribution in [-0.4, -0.2) is 49.9 Å². The summed E-state index contributed by atoms with van der Waals surface area (Å²) in [6, 6.07) is 10.8. The molecule has 0 aliphatic carbocycles. The molecule has 0 fully saturated rings. The van der Waals surface area contributed by atoms with Crippen molar-refractivity contribution in [3.8, 4) is 11.5 Å². The maximum atomic E-state index is 13.7. The zero-order valence-electron chi connectivity index (χ0n) is 21.5. The molecule has 8 nitrogen and oxygen atoms in total. The highest BCUT2D eigenvalue weighted by molar-refractivity contribution is 6.18. The van der Waals surface area contributed by atoms with E-state index in [2.05, 4.69) is 19.2 Å². The molecule has 2 heterocycles. The number of carbonyl (C=O) groups is 3. The smallest absolute Gasteiger partial charge is 0.264 e. The van der Waals surface area contributed by atoms with Gasteiger partial charge in [0.25, 0.3) is 11.8 Å². The number of fused-ring (bicyclic) bond motifs is 5. The van der Waals surface area contributed by atoms with Crippen LogP contribution in [0.3, 0.4) is 0 Å². The van der Waals surface area contributed by atoms with E-state index in [1.807, 2.05) is 24.3 Å². The van der Waals surface area contributed by atoms with E-state index in [1.165, 1.54) is 14.2 Å². The van der Waals surface area contributed by atoms with E-state index in [-0.39, 0.29) is 17.7 Å². The van der Waals surface area contributed by atoms with Crippen molar-refractivity contribution in [2.45, 2.75) is 52.1 Å². The number of hydrogen-bond donors (Lipinski definition) is 1. The molecule has 1 atom stereocenters. The molecule has 8 heteroatoms. The summed E-state index contributed by atoms with van der Waals surface area (Å²) >= 11 is 0. The lowest BCUT2D eigenvalue weighted by Crippen LogP contribution is -2.48. The molecule has 0 bridgehead atoms. The van der Waals surface area contributed by atoms with Gasteiger partial charge in [0.2, 0.25) is 5.91 Å². The predicted molar refractivity (Wildman–Crippen MR) is 138 cm³/mol. The van der Waals surface area contributed by atoms with Gasteiger partial charge >= 0.3 is 0 Å². The first-order chi connectivity index (χ1) is 17.4. The molecule has 2 aromatic rings. The highest BCUT2D eigenvalue weighted by Crippen LogP contribution is 2.49. The van der Waals surface area contributed by atoms with Crippen LogP contribution < -0.4 is 19.7 Å². The lowest BCUT2D eigenvalue weighted by atomic mass is 10.0. The van der Waals surface area contributed by atoms with E-state index < -0.39 is 6.17 Å². The monoisotopic (exact) mass is 493 g/mol. The topological polar surface area (TPSA) is 88.2 Å². The summed E-state index contributed by atoms with van der Waals surface area (Å²) in [5.41, 5.74) is 2.26. The fourth-order valence-electron chi connectivity index (χ4n) is 4.98. The summed E-state index contributed by atoms with van der Waals surface area (Å²) in [5.74, 6) is 1.17. The van der Waals surface area contributed by atoms with Gasteiger partial charge in [-0.05, 0) is 43.4 Å². The first-order valence-electron chi connectivity index (χ1n) is 12.6. The van der Waals surface area contributed by atoms with Gasteiger partial charge in [-0.3, -0.25) is 19.3 Å². The molecular weight excluding hydrogens is 458 g/mol. The van der Waals surface area contributed by atoms with Crippen LogP contribution in [0.2, 0.25) is 0 Å². The van der Waals surface area contributed by atoms with Crippen LogP contribution >= 0.6 is 0 Å². The number of benzene rings is 2. The highest BCUT2D eigenvalue weighted by Gasteiger charge is 2.49. The molecule has 3 amide bonds. The Labute approximate surface area is 212 Å². The number of methoxy groups -OCH3 is 2. The molecule has 2 aliphatic rings. The molecule has 0 spiro atoms. The number of nitrogens with zero attached hydrogens (tertiary/aromatic N) is 2. The lowest BCUT2D eigenvalue weighted by molar-refractivity contribution is -0.121. The van der Waals surface area contributed by atoms with Crippen LogP contribution in [-0.2, 0) is 4.79 Å². The van der Waals surface area contributed by atoms with Gasteiger partial charge in [-0.2, -0.15) is 0 Å². The van der Waals surface area contributed by atoms with Crippen LogP contribution in [0.4, 0.5) is 5.69 Å². The Morgan fingerprint density at radius 3 is 2.50 bits per heavy atom. The molecule has 0 aromatic heterocycles. The molecule has 0 radical (unpaired) electrons. The van der Waals surface area contributed by atoms with E-state index in [0.29, 0.717) is 53.7 Å². The number of amides is 3. The Bertz CT molecular complexity index is 1150. The van der Waals surface area contributed by atoms with Gasteiger partial charge in [-0.1, -0.05) is 38.5 Å². The summed E-state index contributed by atoms with van der Waals surface area (Å²) in [6.07, 6.45) is 3.19. The maximum absolute atomic E-state index is 13.7. The van der Waals surface area contributed by atoms with Gasteiger partial charge in [-0.15, -0.1) is 0 Å². The molecule has 0 unspecified atom stereocenters. The summed E-state index contributed by atoms with van der Waals surface area (Å²) in [7, 11) is 3.05. The Kier molecular flexibility index (Phi) is 7.82. The van der Waals surface area contributed by atoms with E-state index in [0.717, 1.165) is 31.2 Å². The number of ether oxygens (including phenoxy) is 2. The standard InChI is InChI=1S/C28H35N3O5/c1-18(2)15-16-29-23(32)12-6-5-9-17-30-26-20-13-14-22(35-3)25(36-4)24(20)28(34)31(26)21-11-8-7-10-19(21)27(30)33/h7-8,10-11,13-14,18,26H,5-6,9,12,15-17H2,1-4H3,(H,29,32)/t26-/m0/s1. The molecule has 36 heavy (non-hydrogen) atoms. The first-order valence-corrected chi connectivity index (χ1v) is 12.6. The van der Waals surface area contributed by atoms with Crippen molar-refractivity contribution in [3.05, 3.63) is 53.1 Å². The zero-order valence-corrected chi connectivity index (χ0v) is 21.5. The van der Waals surface area contributed by atoms with Crippen molar-refractivity contribution >= 4 is 23.4 Å². The van der Waals surface area contributed by atoms with Crippen molar-refractivity contribution in [1.29, 1.82) is 0 Å².